The molecular formula is C8H16FN3O. The predicted molar refractivity (Wildman–Crippen MR) is 47.7 cm³/mol. The summed E-state index contributed by atoms with van der Waals surface area (Å²) in [5.41, 5.74) is 5.12. The highest BCUT2D eigenvalue weighted by Crippen LogP contribution is 2.17. The van der Waals surface area contributed by atoms with E-state index in [0.29, 0.717) is 19.6 Å². The fourth-order valence-electron chi connectivity index (χ4n) is 1.42. The molecule has 3 N–H and O–H groups in total. The fourth-order valence-corrected chi connectivity index (χ4v) is 1.42. The smallest absolute Gasteiger partial charge is 0.235 e. The molecule has 1 unspecified atom stereocenters. The van der Waals surface area contributed by atoms with Crippen molar-refractivity contribution in [2.24, 2.45) is 5.73 Å². The quantitative estimate of drug-likeness (QED) is 0.573. The summed E-state index contributed by atoms with van der Waals surface area (Å²) in [6.07, 6.45) is 0. The van der Waals surface area contributed by atoms with E-state index >= 15 is 0 Å². The second-order valence-corrected chi connectivity index (χ2v) is 3.76. The van der Waals surface area contributed by atoms with Gasteiger partial charge in [-0.2, -0.15) is 0 Å². The van der Waals surface area contributed by atoms with Crippen molar-refractivity contribution < 1.29 is 9.18 Å². The lowest BCUT2D eigenvalue weighted by atomic mass is 10.1. The van der Waals surface area contributed by atoms with Gasteiger partial charge >= 0.3 is 0 Å². The minimum Gasteiger partial charge on any atom is -0.368 e. The molecule has 1 heterocycles. The zero-order chi connectivity index (χ0) is 10.1. The van der Waals surface area contributed by atoms with Crippen molar-refractivity contribution in [2.75, 3.05) is 19.6 Å². The van der Waals surface area contributed by atoms with Crippen LogP contribution in [0.3, 0.4) is 0 Å². The molecule has 0 saturated carbocycles. The molecule has 1 amide bonds. The number of primary amides is 1. The van der Waals surface area contributed by atoms with Gasteiger partial charge in [0.2, 0.25) is 5.91 Å². The minimum atomic E-state index is -1.38. The third-order valence-electron chi connectivity index (χ3n) is 2.27. The lowest BCUT2D eigenvalue weighted by molar-refractivity contribution is -0.122. The SMILES string of the molecule is CC(C)(F)N1CCNC(C(N)=O)C1. The molecule has 4 nitrogen and oxygen atoms in total. The molecule has 0 radical (unpaired) electrons. The normalized spacial score (nSPS) is 25.9. The summed E-state index contributed by atoms with van der Waals surface area (Å²) in [5.74, 6) is -1.80. The van der Waals surface area contributed by atoms with Crippen molar-refractivity contribution in [3.8, 4) is 0 Å². The van der Waals surface area contributed by atoms with E-state index in [4.69, 9.17) is 5.73 Å². The van der Waals surface area contributed by atoms with Crippen LogP contribution in [0.2, 0.25) is 0 Å². The van der Waals surface area contributed by atoms with Crippen molar-refractivity contribution in [3.05, 3.63) is 0 Å². The molecule has 0 spiro atoms. The monoisotopic (exact) mass is 189 g/mol. The standard InChI is InChI=1S/C8H16FN3O/c1-8(2,9)12-4-3-11-6(5-12)7(10)13/h6,11H,3-5H2,1-2H3,(H2,10,13). The zero-order valence-corrected chi connectivity index (χ0v) is 8.01. The largest absolute Gasteiger partial charge is 0.368 e. The average Bonchev–Trinajstić information content (AvgIpc) is 2.03. The Morgan fingerprint density at radius 1 is 1.69 bits per heavy atom. The van der Waals surface area contributed by atoms with Crippen LogP contribution in [0.4, 0.5) is 4.39 Å². The van der Waals surface area contributed by atoms with Crippen LogP contribution in [0, 0.1) is 0 Å². The van der Waals surface area contributed by atoms with Crippen LogP contribution in [0.25, 0.3) is 0 Å². The molecule has 0 bridgehead atoms. The van der Waals surface area contributed by atoms with Crippen LogP contribution in [0.5, 0.6) is 0 Å². The number of hydrogen-bond donors (Lipinski definition) is 2. The number of halogens is 1. The number of hydrogen-bond acceptors (Lipinski definition) is 3. The van der Waals surface area contributed by atoms with Gasteiger partial charge in [-0.15, -0.1) is 0 Å². The molecule has 0 aromatic carbocycles. The Morgan fingerprint density at radius 3 is 2.77 bits per heavy atom. The molecule has 0 aromatic rings. The highest BCUT2D eigenvalue weighted by molar-refractivity contribution is 5.80. The van der Waals surface area contributed by atoms with E-state index in [1.807, 2.05) is 0 Å². The number of nitrogens with one attached hydrogen (secondary N) is 1. The molecule has 1 rings (SSSR count). The lowest BCUT2D eigenvalue weighted by Gasteiger charge is -2.38. The van der Waals surface area contributed by atoms with Crippen molar-refractivity contribution in [1.82, 2.24) is 10.2 Å². The van der Waals surface area contributed by atoms with Gasteiger partial charge in [0.25, 0.3) is 0 Å². The Bertz CT molecular complexity index is 202. The van der Waals surface area contributed by atoms with Gasteiger partial charge in [0.15, 0.2) is 5.79 Å². The molecule has 13 heavy (non-hydrogen) atoms. The van der Waals surface area contributed by atoms with Crippen molar-refractivity contribution in [1.29, 1.82) is 0 Å². The van der Waals surface area contributed by atoms with Gasteiger partial charge in [-0.05, 0) is 13.8 Å². The molecule has 76 valence electrons. The maximum atomic E-state index is 13.5. The summed E-state index contributed by atoms with van der Waals surface area (Å²) in [7, 11) is 0. The highest BCUT2D eigenvalue weighted by atomic mass is 19.1. The fraction of sp³-hybridized carbons (Fsp3) is 0.875. The van der Waals surface area contributed by atoms with Crippen molar-refractivity contribution in [2.45, 2.75) is 25.7 Å². The van der Waals surface area contributed by atoms with Gasteiger partial charge in [-0.3, -0.25) is 9.69 Å². The minimum absolute atomic E-state index is 0.346. The molecule has 1 aliphatic heterocycles. The summed E-state index contributed by atoms with van der Waals surface area (Å²) in [5, 5.41) is 2.94. The maximum absolute atomic E-state index is 13.5. The molecule has 1 saturated heterocycles. The van der Waals surface area contributed by atoms with Crippen molar-refractivity contribution >= 4 is 5.91 Å². The van der Waals surface area contributed by atoms with Crippen LogP contribution < -0.4 is 11.1 Å². The van der Waals surface area contributed by atoms with E-state index < -0.39 is 17.7 Å². The molecule has 1 aliphatic rings. The Labute approximate surface area is 77.3 Å². The Kier molecular flexibility index (Phi) is 2.87. The number of rotatable bonds is 2. The highest BCUT2D eigenvalue weighted by Gasteiger charge is 2.32. The first kappa shape index (κ1) is 10.4. The second-order valence-electron chi connectivity index (χ2n) is 3.76. The van der Waals surface area contributed by atoms with E-state index in [9.17, 15) is 9.18 Å². The van der Waals surface area contributed by atoms with Crippen LogP contribution in [-0.2, 0) is 4.79 Å². The first-order valence-corrected chi connectivity index (χ1v) is 4.38. The molecule has 1 fully saturated rings. The molecule has 1 atom stereocenters. The zero-order valence-electron chi connectivity index (χ0n) is 8.01. The summed E-state index contributed by atoms with van der Waals surface area (Å²) in [4.78, 5) is 12.4. The van der Waals surface area contributed by atoms with Crippen LogP contribution in [0.15, 0.2) is 0 Å². The molecule has 5 heteroatoms. The van der Waals surface area contributed by atoms with E-state index in [0.717, 1.165) is 0 Å². The van der Waals surface area contributed by atoms with Gasteiger partial charge in [-0.1, -0.05) is 0 Å². The van der Waals surface area contributed by atoms with E-state index in [2.05, 4.69) is 5.32 Å². The summed E-state index contributed by atoms with van der Waals surface area (Å²) in [6.45, 7) is 4.51. The van der Waals surface area contributed by atoms with Gasteiger partial charge in [0.05, 0.1) is 6.04 Å². The first-order valence-electron chi connectivity index (χ1n) is 4.38. The summed E-state index contributed by atoms with van der Waals surface area (Å²) in [6, 6.07) is -0.427. The van der Waals surface area contributed by atoms with Crippen LogP contribution in [-0.4, -0.2) is 42.3 Å². The summed E-state index contributed by atoms with van der Waals surface area (Å²) < 4.78 is 13.5. The van der Waals surface area contributed by atoms with Crippen molar-refractivity contribution in [3.63, 3.8) is 0 Å². The third kappa shape index (κ3) is 2.63. The van der Waals surface area contributed by atoms with Crippen LogP contribution in [0.1, 0.15) is 13.8 Å². The Morgan fingerprint density at radius 2 is 2.31 bits per heavy atom. The number of carbonyl (C=O) groups is 1. The third-order valence-corrected chi connectivity index (χ3v) is 2.27. The number of nitrogens with two attached hydrogens (primary N) is 1. The average molecular weight is 189 g/mol. The second kappa shape index (κ2) is 3.59. The van der Waals surface area contributed by atoms with Gasteiger partial charge in [-0.25, -0.2) is 4.39 Å². The number of piperazine rings is 1. The lowest BCUT2D eigenvalue weighted by Crippen LogP contribution is -2.60. The molecule has 0 aromatic heterocycles. The maximum Gasteiger partial charge on any atom is 0.235 e. The topological polar surface area (TPSA) is 58.4 Å². The number of alkyl halides is 1. The van der Waals surface area contributed by atoms with E-state index in [1.54, 1.807) is 4.90 Å². The summed E-state index contributed by atoms with van der Waals surface area (Å²) >= 11 is 0. The number of carbonyl (C=O) groups excluding carboxylic acids is 1. The van der Waals surface area contributed by atoms with Gasteiger partial charge < -0.3 is 11.1 Å². The van der Waals surface area contributed by atoms with Gasteiger partial charge in [0, 0.05) is 19.6 Å². The Balaban J connectivity index is 2.57. The number of amides is 1. The van der Waals surface area contributed by atoms with Gasteiger partial charge in [0.1, 0.15) is 0 Å². The van der Waals surface area contributed by atoms with E-state index in [1.165, 1.54) is 13.8 Å². The Hall–Kier alpha value is -0.680. The number of nitrogens with zero attached hydrogens (tertiary/aromatic N) is 1. The predicted octanol–water partition coefficient (Wildman–Crippen LogP) is -0.549. The van der Waals surface area contributed by atoms with E-state index in [-0.39, 0.29) is 0 Å². The molecular weight excluding hydrogens is 173 g/mol. The molecule has 0 aliphatic carbocycles. The first-order chi connectivity index (χ1) is 5.91. The van der Waals surface area contributed by atoms with Crippen LogP contribution >= 0.6 is 0 Å².